The van der Waals surface area contributed by atoms with Gasteiger partial charge >= 0.3 is 11.4 Å². The van der Waals surface area contributed by atoms with Crippen LogP contribution in [0.4, 0.5) is 20.4 Å². The number of rotatable bonds is 12. The molecule has 3 aliphatic heterocycles. The topological polar surface area (TPSA) is 133 Å². The average molecular weight is 1070 g/mol. The summed E-state index contributed by atoms with van der Waals surface area (Å²) in [4.78, 5) is 46.1. The number of piperidine rings is 1. The van der Waals surface area contributed by atoms with Crippen LogP contribution in [0.25, 0.3) is 55.9 Å². The fourth-order valence-corrected chi connectivity index (χ4v) is 11.7. The maximum absolute atomic E-state index is 16.0. The van der Waals surface area contributed by atoms with Crippen molar-refractivity contribution in [3.63, 3.8) is 0 Å². The number of aromatic hydroxyl groups is 2. The Hall–Kier alpha value is -7.24. The summed E-state index contributed by atoms with van der Waals surface area (Å²) < 4.78 is 37.2. The molecule has 3 saturated heterocycles. The highest BCUT2D eigenvalue weighted by Gasteiger charge is 2.30. The van der Waals surface area contributed by atoms with Gasteiger partial charge in [-0.25, -0.2) is 28.3 Å². The molecule has 7 heterocycles. The SMILES string of the molecule is CC(C)CN1CCN(c2cc(-c3cc(F)cc(-c4ccc(-n5ccn(C)c5=O)c(Cl)c4)c3O)c(Cn3ccn(-c4ccc(-c5cc(F)cc(-c6ccnc(N7CCN8CCCCC8C7)c6)c5O)cc4Cl)c3=O)cn2)CC1. The molecule has 0 spiro atoms. The van der Waals surface area contributed by atoms with Crippen molar-refractivity contribution in [3.05, 3.63) is 164 Å². The van der Waals surface area contributed by atoms with Crippen molar-refractivity contribution < 1.29 is 19.0 Å². The van der Waals surface area contributed by atoms with E-state index < -0.39 is 17.3 Å². The Morgan fingerprint density at radius 2 is 1.22 bits per heavy atom. The van der Waals surface area contributed by atoms with Crippen LogP contribution in [-0.4, -0.2) is 113 Å². The van der Waals surface area contributed by atoms with E-state index in [0.717, 1.165) is 58.1 Å². The summed E-state index contributed by atoms with van der Waals surface area (Å²) in [6.45, 7) is 12.2. The second-order valence-corrected chi connectivity index (χ2v) is 21.4. The van der Waals surface area contributed by atoms with Crippen LogP contribution in [0.5, 0.6) is 11.5 Å². The molecule has 1 atom stereocenters. The van der Waals surface area contributed by atoms with Gasteiger partial charge in [-0.2, -0.15) is 0 Å². The number of imidazole rings is 2. The van der Waals surface area contributed by atoms with E-state index in [4.69, 9.17) is 28.2 Å². The van der Waals surface area contributed by atoms with Crippen molar-refractivity contribution in [2.45, 2.75) is 45.7 Å². The average Bonchev–Trinajstić information content (AvgIpc) is 3.95. The van der Waals surface area contributed by atoms with Crippen molar-refractivity contribution in [1.29, 1.82) is 0 Å². The molecule has 0 radical (unpaired) electrons. The monoisotopic (exact) mass is 1070 g/mol. The van der Waals surface area contributed by atoms with E-state index in [-0.39, 0.29) is 50.5 Å². The van der Waals surface area contributed by atoms with Crippen LogP contribution >= 0.6 is 23.2 Å². The number of aryl methyl sites for hydroxylation is 1. The minimum absolute atomic E-state index is 0.0165. The van der Waals surface area contributed by atoms with Crippen LogP contribution < -0.4 is 21.2 Å². The lowest BCUT2D eigenvalue weighted by Crippen LogP contribution is -2.55. The van der Waals surface area contributed by atoms with E-state index in [1.54, 1.807) is 86.7 Å². The predicted octanol–water partition coefficient (Wildman–Crippen LogP) is 10.1. The quantitative estimate of drug-likeness (QED) is 0.122. The van der Waals surface area contributed by atoms with Crippen LogP contribution in [0.2, 0.25) is 10.0 Å². The lowest BCUT2D eigenvalue weighted by molar-refractivity contribution is 0.133. The van der Waals surface area contributed by atoms with E-state index in [2.05, 4.69) is 38.4 Å². The van der Waals surface area contributed by atoms with Gasteiger partial charge in [0.05, 0.1) is 28.0 Å². The number of fused-ring (bicyclic) bond motifs is 1. The van der Waals surface area contributed by atoms with Crippen LogP contribution in [0.3, 0.4) is 0 Å². The lowest BCUT2D eigenvalue weighted by atomic mass is 9.94. The number of piperazine rings is 2. The normalized spacial score (nSPS) is 16.4. The Morgan fingerprint density at radius 3 is 1.86 bits per heavy atom. The van der Waals surface area contributed by atoms with Gasteiger partial charge < -0.3 is 24.6 Å². The smallest absolute Gasteiger partial charge is 0.333 e. The minimum atomic E-state index is -0.618. The molecule has 0 saturated carbocycles. The van der Waals surface area contributed by atoms with E-state index in [9.17, 15) is 19.8 Å². The number of phenols is 2. The van der Waals surface area contributed by atoms with Gasteiger partial charge in [0, 0.05) is 125 Å². The second kappa shape index (κ2) is 21.1. The van der Waals surface area contributed by atoms with Crippen molar-refractivity contribution in [2.24, 2.45) is 13.0 Å². The summed E-state index contributed by atoms with van der Waals surface area (Å²) in [5.41, 5.74) is 3.43. The van der Waals surface area contributed by atoms with Crippen molar-refractivity contribution >= 4 is 34.8 Å². The van der Waals surface area contributed by atoms with Crippen LogP contribution in [-0.2, 0) is 13.6 Å². The molecule has 76 heavy (non-hydrogen) atoms. The Kier molecular flexibility index (Phi) is 14.1. The molecule has 4 aromatic carbocycles. The van der Waals surface area contributed by atoms with Gasteiger partial charge in [0.2, 0.25) is 0 Å². The maximum atomic E-state index is 16.0. The van der Waals surface area contributed by atoms with Crippen LogP contribution in [0, 0.1) is 17.6 Å². The fourth-order valence-electron chi connectivity index (χ4n) is 11.2. The number of anilines is 2. The summed E-state index contributed by atoms with van der Waals surface area (Å²) >= 11 is 13.7. The van der Waals surface area contributed by atoms with Crippen LogP contribution in [0.15, 0.2) is 126 Å². The molecule has 0 aliphatic carbocycles. The number of hydrogen-bond acceptors (Lipinski definition) is 10. The standard InChI is InChI=1S/C58H58Cl2F2N10O4/c1-36(2)33-66-15-17-68(18-16-66)54-31-44(48-30-42(62)29-46(56(48)74)38-7-9-51(49(59)25-38)71-22-14-65(3)57(71)75)40(32-64-54)34-70-21-23-72(58(70)76)52-10-8-37(24-50(52)60)45-27-41(61)28-47(55(45)73)39-11-12-63-53(26-39)69-20-19-67-13-5-4-6-43(67)35-69/h7-12,14,21-32,36,43,73-74H,4-6,13,15-20,33-35H2,1-3H3. The van der Waals surface area contributed by atoms with Gasteiger partial charge in [-0.15, -0.1) is 0 Å². The highest BCUT2D eigenvalue weighted by molar-refractivity contribution is 6.33. The van der Waals surface area contributed by atoms with E-state index in [1.807, 2.05) is 12.1 Å². The van der Waals surface area contributed by atoms with E-state index in [0.29, 0.717) is 75.6 Å². The summed E-state index contributed by atoms with van der Waals surface area (Å²) in [5.74, 6) is 0.446. The summed E-state index contributed by atoms with van der Waals surface area (Å²) in [6.07, 6.45) is 13.4. The third-order valence-corrected chi connectivity index (χ3v) is 15.7. The molecule has 8 aromatic rings. The fraction of sp³-hybridized carbons (Fsp3) is 0.310. The first-order valence-corrected chi connectivity index (χ1v) is 26.5. The number of benzene rings is 4. The summed E-state index contributed by atoms with van der Waals surface area (Å²) in [6, 6.07) is 20.9. The third-order valence-electron chi connectivity index (χ3n) is 15.1. The molecule has 2 N–H and O–H groups in total. The predicted molar refractivity (Wildman–Crippen MR) is 296 cm³/mol. The number of aromatic nitrogens is 6. The third kappa shape index (κ3) is 10.0. The molecule has 1 unspecified atom stereocenters. The highest BCUT2D eigenvalue weighted by atomic mass is 35.5. The van der Waals surface area contributed by atoms with Gasteiger partial charge in [-0.05, 0) is 120 Å². The number of pyridine rings is 2. The first-order chi connectivity index (χ1) is 36.7. The first kappa shape index (κ1) is 50.9. The van der Waals surface area contributed by atoms with Crippen molar-refractivity contribution in [1.82, 2.24) is 38.0 Å². The van der Waals surface area contributed by atoms with Crippen LogP contribution in [0.1, 0.15) is 38.7 Å². The van der Waals surface area contributed by atoms with Gasteiger partial charge in [0.15, 0.2) is 0 Å². The number of halogens is 4. The molecule has 18 heteroatoms. The van der Waals surface area contributed by atoms with Gasteiger partial charge in [-0.1, -0.05) is 55.6 Å². The summed E-state index contributed by atoms with van der Waals surface area (Å²) in [7, 11) is 1.63. The molecule has 392 valence electrons. The molecule has 0 amide bonds. The Morgan fingerprint density at radius 1 is 0.632 bits per heavy atom. The zero-order valence-corrected chi connectivity index (χ0v) is 44.0. The Labute approximate surface area is 448 Å². The molecule has 14 nitrogen and oxygen atoms in total. The maximum Gasteiger partial charge on any atom is 0.333 e. The zero-order chi connectivity index (χ0) is 52.9. The van der Waals surface area contributed by atoms with Gasteiger partial charge in [-0.3, -0.25) is 23.5 Å². The lowest BCUT2D eigenvalue weighted by Gasteiger charge is -2.44. The largest absolute Gasteiger partial charge is 0.507 e. The first-order valence-electron chi connectivity index (χ1n) is 25.8. The van der Waals surface area contributed by atoms with E-state index in [1.165, 1.54) is 55.4 Å². The second-order valence-electron chi connectivity index (χ2n) is 20.6. The molecular formula is C58H58Cl2F2N10O4. The number of phenolic OH excluding ortho intramolecular Hbond substituents is 2. The van der Waals surface area contributed by atoms with E-state index >= 15 is 8.78 Å². The van der Waals surface area contributed by atoms with Crippen molar-refractivity contribution in [2.75, 3.05) is 68.7 Å². The zero-order valence-electron chi connectivity index (χ0n) is 42.5. The molecule has 11 rings (SSSR count). The minimum Gasteiger partial charge on any atom is -0.507 e. The molecule has 4 aromatic heterocycles. The van der Waals surface area contributed by atoms with Gasteiger partial charge in [0.1, 0.15) is 34.8 Å². The number of hydrogen-bond donors (Lipinski definition) is 2. The Balaban J connectivity index is 0.898. The van der Waals surface area contributed by atoms with Gasteiger partial charge in [0.25, 0.3) is 0 Å². The molecule has 0 bridgehead atoms. The molecule has 3 fully saturated rings. The Bertz CT molecular complexity index is 3620. The summed E-state index contributed by atoms with van der Waals surface area (Å²) in [5, 5.41) is 24.3. The molecular weight excluding hydrogens is 1010 g/mol. The number of nitrogens with zero attached hydrogens (tertiary/aromatic N) is 10. The molecule has 3 aliphatic rings. The highest BCUT2D eigenvalue weighted by Crippen LogP contribution is 2.44. The van der Waals surface area contributed by atoms with Crippen molar-refractivity contribution in [3.8, 4) is 67.4 Å².